The number of hydrogen-bond acceptors (Lipinski definition) is 4. The number of carbonyl (C=O) groups is 1. The maximum atomic E-state index is 12.3. The molecule has 2 aromatic rings. The standard InChI is InChI=1S/C16H17ClN2O3/c1-9(20)13-14(10-5-7-11(17)8-6-10)19-22-15(13)16(21)18-12-3-2-4-12/h5-9,12,20H,2-4H2,1H3,(H,18,21). The van der Waals surface area contributed by atoms with Crippen molar-refractivity contribution in [2.75, 3.05) is 0 Å². The minimum absolute atomic E-state index is 0.0758. The van der Waals surface area contributed by atoms with Gasteiger partial charge < -0.3 is 14.9 Å². The Morgan fingerprint density at radius 2 is 2.09 bits per heavy atom. The lowest BCUT2D eigenvalue weighted by atomic mass is 9.93. The molecule has 1 unspecified atom stereocenters. The van der Waals surface area contributed by atoms with Gasteiger partial charge in [0.15, 0.2) is 0 Å². The Balaban J connectivity index is 1.94. The van der Waals surface area contributed by atoms with Gasteiger partial charge in [0.1, 0.15) is 5.69 Å². The molecule has 1 aliphatic carbocycles. The number of benzene rings is 1. The molecule has 1 aromatic heterocycles. The first-order chi connectivity index (χ1) is 10.6. The third-order valence-electron chi connectivity index (χ3n) is 3.91. The van der Waals surface area contributed by atoms with Gasteiger partial charge in [0.2, 0.25) is 5.76 Å². The molecule has 22 heavy (non-hydrogen) atoms. The summed E-state index contributed by atoms with van der Waals surface area (Å²) >= 11 is 5.88. The van der Waals surface area contributed by atoms with E-state index in [1.807, 2.05) is 0 Å². The van der Waals surface area contributed by atoms with Gasteiger partial charge in [-0.1, -0.05) is 28.9 Å². The predicted octanol–water partition coefficient (Wildman–Crippen LogP) is 3.33. The van der Waals surface area contributed by atoms with E-state index in [9.17, 15) is 9.90 Å². The first kappa shape index (κ1) is 15.1. The molecule has 1 atom stereocenters. The second-order valence-electron chi connectivity index (χ2n) is 5.56. The average Bonchev–Trinajstić information content (AvgIpc) is 2.88. The highest BCUT2D eigenvalue weighted by molar-refractivity contribution is 6.30. The van der Waals surface area contributed by atoms with Crippen LogP contribution >= 0.6 is 11.6 Å². The van der Waals surface area contributed by atoms with Crippen LogP contribution in [0.5, 0.6) is 0 Å². The molecule has 1 fully saturated rings. The topological polar surface area (TPSA) is 75.4 Å². The maximum Gasteiger partial charge on any atom is 0.290 e. The van der Waals surface area contributed by atoms with Gasteiger partial charge in [-0.05, 0) is 38.3 Å². The second kappa shape index (κ2) is 6.10. The van der Waals surface area contributed by atoms with Crippen molar-refractivity contribution >= 4 is 17.5 Å². The van der Waals surface area contributed by atoms with E-state index in [-0.39, 0.29) is 17.7 Å². The molecule has 0 saturated heterocycles. The van der Waals surface area contributed by atoms with Gasteiger partial charge in [0.25, 0.3) is 5.91 Å². The van der Waals surface area contributed by atoms with Crippen molar-refractivity contribution in [3.8, 4) is 11.3 Å². The Labute approximate surface area is 133 Å². The van der Waals surface area contributed by atoms with E-state index in [1.54, 1.807) is 31.2 Å². The summed E-state index contributed by atoms with van der Waals surface area (Å²) in [5.74, 6) is -0.250. The summed E-state index contributed by atoms with van der Waals surface area (Å²) in [6.07, 6.45) is 2.22. The lowest BCUT2D eigenvalue weighted by molar-refractivity contribution is 0.0871. The van der Waals surface area contributed by atoms with Gasteiger partial charge in [-0.15, -0.1) is 0 Å². The summed E-state index contributed by atoms with van der Waals surface area (Å²) in [5, 5.41) is 17.5. The van der Waals surface area contributed by atoms with E-state index in [4.69, 9.17) is 16.1 Å². The number of halogens is 1. The van der Waals surface area contributed by atoms with Gasteiger partial charge in [0.05, 0.1) is 11.7 Å². The Hall–Kier alpha value is -1.85. The minimum atomic E-state index is -0.862. The van der Waals surface area contributed by atoms with E-state index < -0.39 is 6.10 Å². The zero-order valence-electron chi connectivity index (χ0n) is 12.2. The quantitative estimate of drug-likeness (QED) is 0.906. The van der Waals surface area contributed by atoms with E-state index in [2.05, 4.69) is 10.5 Å². The van der Waals surface area contributed by atoms with Crippen molar-refractivity contribution in [2.24, 2.45) is 0 Å². The third kappa shape index (κ3) is 2.87. The number of nitrogens with one attached hydrogen (secondary N) is 1. The van der Waals surface area contributed by atoms with Crippen molar-refractivity contribution in [1.82, 2.24) is 10.5 Å². The highest BCUT2D eigenvalue weighted by atomic mass is 35.5. The van der Waals surface area contributed by atoms with Crippen LogP contribution in [0.1, 0.15) is 48.4 Å². The number of amides is 1. The Bertz CT molecular complexity index is 675. The van der Waals surface area contributed by atoms with E-state index in [1.165, 1.54) is 0 Å². The van der Waals surface area contributed by atoms with Crippen LogP contribution in [0.15, 0.2) is 28.8 Å². The van der Waals surface area contributed by atoms with Crippen LogP contribution in [-0.4, -0.2) is 22.2 Å². The van der Waals surface area contributed by atoms with Crippen LogP contribution in [-0.2, 0) is 0 Å². The molecule has 1 saturated carbocycles. The highest BCUT2D eigenvalue weighted by Gasteiger charge is 2.29. The summed E-state index contributed by atoms with van der Waals surface area (Å²) < 4.78 is 5.22. The zero-order chi connectivity index (χ0) is 15.7. The Kier molecular flexibility index (Phi) is 4.18. The van der Waals surface area contributed by atoms with Crippen molar-refractivity contribution in [3.05, 3.63) is 40.6 Å². The molecule has 1 aliphatic rings. The molecule has 0 spiro atoms. The molecule has 2 N–H and O–H groups in total. The van der Waals surface area contributed by atoms with Crippen molar-refractivity contribution in [1.29, 1.82) is 0 Å². The lowest BCUT2D eigenvalue weighted by Gasteiger charge is -2.25. The second-order valence-corrected chi connectivity index (χ2v) is 5.99. The molecule has 1 amide bonds. The number of aliphatic hydroxyl groups excluding tert-OH is 1. The fraction of sp³-hybridized carbons (Fsp3) is 0.375. The smallest absolute Gasteiger partial charge is 0.290 e. The van der Waals surface area contributed by atoms with Crippen molar-refractivity contribution < 1.29 is 14.4 Å². The van der Waals surface area contributed by atoms with Gasteiger partial charge in [0, 0.05) is 16.6 Å². The minimum Gasteiger partial charge on any atom is -0.388 e. The zero-order valence-corrected chi connectivity index (χ0v) is 12.9. The van der Waals surface area contributed by atoms with E-state index in [0.29, 0.717) is 16.3 Å². The summed E-state index contributed by atoms with van der Waals surface area (Å²) in [4.78, 5) is 12.3. The number of aliphatic hydroxyl groups is 1. The largest absolute Gasteiger partial charge is 0.388 e. The molecule has 3 rings (SSSR count). The average molecular weight is 321 g/mol. The molecule has 5 nitrogen and oxygen atoms in total. The lowest BCUT2D eigenvalue weighted by Crippen LogP contribution is -2.39. The highest BCUT2D eigenvalue weighted by Crippen LogP contribution is 2.31. The molecule has 1 aromatic carbocycles. The number of aromatic nitrogens is 1. The molecule has 0 bridgehead atoms. The fourth-order valence-corrected chi connectivity index (χ4v) is 2.59. The third-order valence-corrected chi connectivity index (χ3v) is 4.16. The van der Waals surface area contributed by atoms with Crippen molar-refractivity contribution in [2.45, 2.75) is 38.3 Å². The van der Waals surface area contributed by atoms with Gasteiger partial charge in [-0.3, -0.25) is 4.79 Å². The normalized spacial score (nSPS) is 16.1. The van der Waals surface area contributed by atoms with Gasteiger partial charge in [-0.25, -0.2) is 0 Å². The Morgan fingerprint density at radius 1 is 1.41 bits per heavy atom. The summed E-state index contributed by atoms with van der Waals surface area (Å²) in [6.45, 7) is 1.59. The number of rotatable bonds is 4. The fourth-order valence-electron chi connectivity index (χ4n) is 2.47. The monoisotopic (exact) mass is 320 g/mol. The number of hydrogen-bond donors (Lipinski definition) is 2. The van der Waals surface area contributed by atoms with E-state index in [0.717, 1.165) is 24.8 Å². The summed E-state index contributed by atoms with van der Waals surface area (Å²) in [7, 11) is 0. The molecule has 6 heteroatoms. The molecule has 0 radical (unpaired) electrons. The van der Waals surface area contributed by atoms with E-state index >= 15 is 0 Å². The van der Waals surface area contributed by atoms with Crippen LogP contribution < -0.4 is 5.32 Å². The Morgan fingerprint density at radius 3 is 2.64 bits per heavy atom. The first-order valence-corrected chi connectivity index (χ1v) is 7.68. The summed E-state index contributed by atoms with van der Waals surface area (Å²) in [5.41, 5.74) is 1.61. The van der Waals surface area contributed by atoms with Gasteiger partial charge >= 0.3 is 0 Å². The van der Waals surface area contributed by atoms with Crippen LogP contribution in [0.3, 0.4) is 0 Å². The molecular formula is C16H17ClN2O3. The van der Waals surface area contributed by atoms with Crippen molar-refractivity contribution in [3.63, 3.8) is 0 Å². The van der Waals surface area contributed by atoms with Crippen LogP contribution in [0.2, 0.25) is 5.02 Å². The molecule has 0 aliphatic heterocycles. The predicted molar refractivity (Wildman–Crippen MR) is 82.7 cm³/mol. The maximum absolute atomic E-state index is 12.3. The number of carbonyl (C=O) groups excluding carboxylic acids is 1. The van der Waals surface area contributed by atoms with Crippen LogP contribution in [0.25, 0.3) is 11.3 Å². The van der Waals surface area contributed by atoms with Crippen LogP contribution in [0, 0.1) is 0 Å². The number of nitrogens with zero attached hydrogens (tertiary/aromatic N) is 1. The SMILES string of the molecule is CC(O)c1c(-c2ccc(Cl)cc2)noc1C(=O)NC1CCC1. The van der Waals surface area contributed by atoms with Gasteiger partial charge in [-0.2, -0.15) is 0 Å². The molecular weight excluding hydrogens is 304 g/mol. The van der Waals surface area contributed by atoms with Crippen LogP contribution in [0.4, 0.5) is 0 Å². The summed E-state index contributed by atoms with van der Waals surface area (Å²) in [6, 6.07) is 7.20. The first-order valence-electron chi connectivity index (χ1n) is 7.30. The molecule has 1 heterocycles. The molecule has 116 valence electrons.